The van der Waals surface area contributed by atoms with E-state index in [1.165, 1.54) is 49.7 Å². The van der Waals surface area contributed by atoms with Crippen molar-refractivity contribution in [1.29, 1.82) is 0 Å². The van der Waals surface area contributed by atoms with E-state index in [4.69, 9.17) is 0 Å². The fourth-order valence-electron chi connectivity index (χ4n) is 4.74. The molecular formula is C26H36. The van der Waals surface area contributed by atoms with Gasteiger partial charge in [-0.05, 0) is 35.8 Å². The summed E-state index contributed by atoms with van der Waals surface area (Å²) >= 11 is 0. The van der Waals surface area contributed by atoms with Crippen LogP contribution in [-0.2, 0) is 6.42 Å². The molecule has 0 aliphatic heterocycles. The van der Waals surface area contributed by atoms with E-state index in [9.17, 15) is 0 Å². The molecule has 0 N–H and O–H groups in total. The Morgan fingerprint density at radius 3 is 1.27 bits per heavy atom. The van der Waals surface area contributed by atoms with Crippen LogP contribution in [0.25, 0.3) is 0 Å². The standard InChI is InChI=1S/C13H24.C13H12/c2*1-3-7-12(8-4-1)11-13-9-5-2-6-10-13/h12-13H,1-11H2;1-10H,11H2. The van der Waals surface area contributed by atoms with Crippen molar-refractivity contribution >= 4 is 0 Å². The van der Waals surface area contributed by atoms with Gasteiger partial charge in [-0.2, -0.15) is 0 Å². The van der Waals surface area contributed by atoms with Crippen LogP contribution in [0.3, 0.4) is 0 Å². The zero-order valence-corrected chi connectivity index (χ0v) is 16.4. The average molecular weight is 349 g/mol. The predicted molar refractivity (Wildman–Crippen MR) is 113 cm³/mol. The quantitative estimate of drug-likeness (QED) is 0.528. The van der Waals surface area contributed by atoms with Crippen molar-refractivity contribution in [2.24, 2.45) is 11.8 Å². The Morgan fingerprint density at radius 2 is 0.885 bits per heavy atom. The van der Waals surface area contributed by atoms with E-state index in [1.54, 1.807) is 32.1 Å². The second-order valence-electron chi connectivity index (χ2n) is 8.39. The molecule has 0 unspecified atom stereocenters. The van der Waals surface area contributed by atoms with E-state index >= 15 is 0 Å². The molecular weight excluding hydrogens is 312 g/mol. The molecule has 0 spiro atoms. The Hall–Kier alpha value is -1.56. The topological polar surface area (TPSA) is 0 Å². The van der Waals surface area contributed by atoms with Gasteiger partial charge in [-0.3, -0.25) is 0 Å². The summed E-state index contributed by atoms with van der Waals surface area (Å²) in [7, 11) is 0. The van der Waals surface area contributed by atoms with E-state index in [2.05, 4.69) is 60.7 Å². The Labute approximate surface area is 161 Å². The SMILES string of the molecule is C1CCC(CC2CCCCC2)CC1.c1ccc(Cc2ccccc2)cc1. The second-order valence-corrected chi connectivity index (χ2v) is 8.39. The van der Waals surface area contributed by atoms with Gasteiger partial charge < -0.3 is 0 Å². The minimum Gasteiger partial charge on any atom is -0.0622 e. The highest BCUT2D eigenvalue weighted by molar-refractivity contribution is 5.25. The Bertz CT molecular complexity index is 520. The summed E-state index contributed by atoms with van der Waals surface area (Å²) in [4.78, 5) is 0. The highest BCUT2D eigenvalue weighted by Crippen LogP contribution is 2.34. The van der Waals surface area contributed by atoms with Gasteiger partial charge in [0.05, 0.1) is 0 Å². The molecule has 0 atom stereocenters. The van der Waals surface area contributed by atoms with Crippen molar-refractivity contribution < 1.29 is 0 Å². The summed E-state index contributed by atoms with van der Waals surface area (Å²) in [6, 6.07) is 21.1. The summed E-state index contributed by atoms with van der Waals surface area (Å²) in [6.07, 6.45) is 18.0. The highest BCUT2D eigenvalue weighted by Gasteiger charge is 2.20. The molecule has 2 aliphatic rings. The first-order valence-electron chi connectivity index (χ1n) is 11.0. The molecule has 0 aromatic heterocycles. The largest absolute Gasteiger partial charge is 0.0622 e. The molecule has 4 rings (SSSR count). The Kier molecular flexibility index (Phi) is 8.29. The Morgan fingerprint density at radius 1 is 0.500 bits per heavy atom. The highest BCUT2D eigenvalue weighted by atomic mass is 14.3. The van der Waals surface area contributed by atoms with Crippen molar-refractivity contribution in [3.63, 3.8) is 0 Å². The zero-order chi connectivity index (χ0) is 17.9. The van der Waals surface area contributed by atoms with Crippen LogP contribution in [-0.4, -0.2) is 0 Å². The van der Waals surface area contributed by atoms with Crippen molar-refractivity contribution in [3.8, 4) is 0 Å². The van der Waals surface area contributed by atoms with Crippen molar-refractivity contribution in [2.75, 3.05) is 0 Å². The smallest absolute Gasteiger partial charge is 0.00258 e. The first-order valence-corrected chi connectivity index (χ1v) is 11.0. The molecule has 140 valence electrons. The molecule has 2 saturated carbocycles. The van der Waals surface area contributed by atoms with Gasteiger partial charge in [0.1, 0.15) is 0 Å². The molecule has 0 heteroatoms. The zero-order valence-electron chi connectivity index (χ0n) is 16.4. The van der Waals surface area contributed by atoms with Crippen molar-refractivity contribution in [1.82, 2.24) is 0 Å². The molecule has 2 fully saturated rings. The molecule has 0 radical (unpaired) electrons. The molecule has 0 nitrogen and oxygen atoms in total. The van der Waals surface area contributed by atoms with Gasteiger partial charge in [-0.15, -0.1) is 0 Å². The van der Waals surface area contributed by atoms with Crippen molar-refractivity contribution in [3.05, 3.63) is 71.8 Å². The summed E-state index contributed by atoms with van der Waals surface area (Å²) in [5.74, 6) is 2.24. The minimum absolute atomic E-state index is 1.03. The van der Waals surface area contributed by atoms with Crippen molar-refractivity contribution in [2.45, 2.75) is 77.0 Å². The minimum atomic E-state index is 1.03. The third-order valence-electron chi connectivity index (χ3n) is 6.21. The predicted octanol–water partition coefficient (Wildman–Crippen LogP) is 7.81. The van der Waals surface area contributed by atoms with Gasteiger partial charge in [0.15, 0.2) is 0 Å². The molecule has 0 amide bonds. The lowest BCUT2D eigenvalue weighted by atomic mass is 9.78. The van der Waals surface area contributed by atoms with Gasteiger partial charge in [0.25, 0.3) is 0 Å². The lowest BCUT2D eigenvalue weighted by Crippen LogP contribution is -2.14. The van der Waals surface area contributed by atoms with Crippen LogP contribution in [0.2, 0.25) is 0 Å². The maximum Gasteiger partial charge on any atom is -0.00258 e. The van der Waals surface area contributed by atoms with Crippen LogP contribution < -0.4 is 0 Å². The number of benzene rings is 2. The van der Waals surface area contributed by atoms with Gasteiger partial charge >= 0.3 is 0 Å². The van der Waals surface area contributed by atoms with Crippen LogP contribution in [0, 0.1) is 11.8 Å². The maximum absolute atomic E-state index is 2.16. The molecule has 26 heavy (non-hydrogen) atoms. The van der Waals surface area contributed by atoms with Crippen LogP contribution >= 0.6 is 0 Å². The van der Waals surface area contributed by atoms with Crippen LogP contribution in [0.5, 0.6) is 0 Å². The normalized spacial score (nSPS) is 18.8. The first kappa shape index (κ1) is 19.2. The van der Waals surface area contributed by atoms with E-state index in [0.717, 1.165) is 18.3 Å². The first-order chi connectivity index (χ1) is 12.9. The van der Waals surface area contributed by atoms with Crippen LogP contribution in [0.4, 0.5) is 0 Å². The van der Waals surface area contributed by atoms with E-state index in [1.807, 2.05) is 0 Å². The van der Waals surface area contributed by atoms with E-state index < -0.39 is 0 Å². The monoisotopic (exact) mass is 348 g/mol. The Balaban J connectivity index is 0.000000151. The molecule has 2 aromatic rings. The number of hydrogen-bond acceptors (Lipinski definition) is 0. The summed E-state index contributed by atoms with van der Waals surface area (Å²) < 4.78 is 0. The van der Waals surface area contributed by atoms with Gasteiger partial charge in [0, 0.05) is 0 Å². The molecule has 0 bridgehead atoms. The molecule has 0 heterocycles. The van der Waals surface area contributed by atoms with Gasteiger partial charge in [0.2, 0.25) is 0 Å². The summed E-state index contributed by atoms with van der Waals surface area (Å²) in [6.45, 7) is 0. The van der Waals surface area contributed by atoms with E-state index in [-0.39, 0.29) is 0 Å². The van der Waals surface area contributed by atoms with Gasteiger partial charge in [-0.1, -0.05) is 125 Å². The fourth-order valence-corrected chi connectivity index (χ4v) is 4.74. The third kappa shape index (κ3) is 6.98. The number of hydrogen-bond donors (Lipinski definition) is 0. The van der Waals surface area contributed by atoms with Crippen LogP contribution in [0.15, 0.2) is 60.7 Å². The van der Waals surface area contributed by atoms with Gasteiger partial charge in [-0.25, -0.2) is 0 Å². The maximum atomic E-state index is 2.16. The van der Waals surface area contributed by atoms with Crippen LogP contribution in [0.1, 0.15) is 81.8 Å². The summed E-state index contributed by atoms with van der Waals surface area (Å²) in [5.41, 5.74) is 2.74. The molecule has 2 aliphatic carbocycles. The average Bonchev–Trinajstić information content (AvgIpc) is 2.72. The lowest BCUT2D eigenvalue weighted by Gasteiger charge is -2.28. The third-order valence-corrected chi connectivity index (χ3v) is 6.21. The second kappa shape index (κ2) is 11.2. The summed E-state index contributed by atoms with van der Waals surface area (Å²) in [5, 5.41) is 0. The van der Waals surface area contributed by atoms with E-state index in [0.29, 0.717) is 0 Å². The fraction of sp³-hybridized carbons (Fsp3) is 0.538. The molecule has 0 saturated heterocycles. The number of rotatable bonds is 4. The molecule has 2 aromatic carbocycles. The lowest BCUT2D eigenvalue weighted by molar-refractivity contribution is 0.244.